The summed E-state index contributed by atoms with van der Waals surface area (Å²) in [5.74, 6) is 0. The topological polar surface area (TPSA) is 28.2 Å². The number of likely N-dealkylation sites (tertiary alicyclic amines) is 1. The van der Waals surface area contributed by atoms with E-state index in [1.54, 1.807) is 0 Å². The predicted molar refractivity (Wildman–Crippen MR) is 101 cm³/mol. The molecule has 0 unspecified atom stereocenters. The molecule has 1 N–H and O–H groups in total. The molecule has 0 aliphatic carbocycles. The fraction of sp³-hybridized carbons (Fsp3) is 0.286. The fourth-order valence-electron chi connectivity index (χ4n) is 3.38. The zero-order valence-corrected chi connectivity index (χ0v) is 14.1. The van der Waals surface area contributed by atoms with Crippen LogP contribution in [-0.2, 0) is 0 Å². The lowest BCUT2D eigenvalue weighted by Gasteiger charge is -2.30. The van der Waals surface area contributed by atoms with Crippen molar-refractivity contribution in [3.05, 3.63) is 60.8 Å². The molecule has 1 aliphatic rings. The van der Waals surface area contributed by atoms with Crippen molar-refractivity contribution >= 4 is 16.6 Å². The van der Waals surface area contributed by atoms with Crippen LogP contribution in [0, 0.1) is 0 Å². The second-order valence-electron chi connectivity index (χ2n) is 6.72. The molecule has 3 nitrogen and oxygen atoms in total. The van der Waals surface area contributed by atoms with E-state index >= 15 is 0 Å². The average molecular weight is 317 g/mol. The molecule has 1 fully saturated rings. The number of anilines is 1. The molecule has 24 heavy (non-hydrogen) atoms. The number of hydrogen-bond acceptors (Lipinski definition) is 3. The first-order chi connectivity index (χ1) is 11.8. The van der Waals surface area contributed by atoms with Crippen molar-refractivity contribution in [3.63, 3.8) is 0 Å². The van der Waals surface area contributed by atoms with Gasteiger partial charge in [0.25, 0.3) is 0 Å². The van der Waals surface area contributed by atoms with E-state index in [9.17, 15) is 0 Å². The number of nitrogens with one attached hydrogen (secondary N) is 1. The molecule has 2 aromatic carbocycles. The lowest BCUT2D eigenvalue weighted by molar-refractivity contribution is 0.264. The first-order valence-electron chi connectivity index (χ1n) is 8.68. The Morgan fingerprint density at radius 2 is 1.71 bits per heavy atom. The van der Waals surface area contributed by atoms with E-state index in [1.807, 2.05) is 18.3 Å². The number of aromatic nitrogens is 1. The Morgan fingerprint density at radius 1 is 0.958 bits per heavy atom. The molecule has 3 aromatic rings. The van der Waals surface area contributed by atoms with E-state index in [0.29, 0.717) is 6.04 Å². The molecule has 0 amide bonds. The molecule has 4 rings (SSSR count). The Bertz CT molecular complexity index is 818. The molecule has 0 atom stereocenters. The van der Waals surface area contributed by atoms with Gasteiger partial charge in [-0.05, 0) is 62.8 Å². The molecular formula is C21H23N3. The van der Waals surface area contributed by atoms with Gasteiger partial charge >= 0.3 is 0 Å². The molecule has 0 saturated carbocycles. The van der Waals surface area contributed by atoms with Crippen molar-refractivity contribution in [3.8, 4) is 11.1 Å². The van der Waals surface area contributed by atoms with Gasteiger partial charge in [-0.1, -0.05) is 30.3 Å². The smallest absolute Gasteiger partial charge is 0.0702 e. The van der Waals surface area contributed by atoms with Crippen LogP contribution in [0.5, 0.6) is 0 Å². The maximum absolute atomic E-state index is 4.56. The van der Waals surface area contributed by atoms with Gasteiger partial charge in [0.05, 0.1) is 5.52 Å². The summed E-state index contributed by atoms with van der Waals surface area (Å²) in [5, 5.41) is 4.85. The van der Waals surface area contributed by atoms with E-state index in [-0.39, 0.29) is 0 Å². The Morgan fingerprint density at radius 3 is 2.50 bits per heavy atom. The van der Waals surface area contributed by atoms with Gasteiger partial charge in [0.2, 0.25) is 0 Å². The van der Waals surface area contributed by atoms with Gasteiger partial charge in [-0.25, -0.2) is 0 Å². The first-order valence-corrected chi connectivity index (χ1v) is 8.68. The number of piperidine rings is 1. The summed E-state index contributed by atoms with van der Waals surface area (Å²) >= 11 is 0. The van der Waals surface area contributed by atoms with Crippen LogP contribution in [0.2, 0.25) is 0 Å². The highest BCUT2D eigenvalue weighted by atomic mass is 15.1. The monoisotopic (exact) mass is 317 g/mol. The van der Waals surface area contributed by atoms with Crippen molar-refractivity contribution in [2.24, 2.45) is 0 Å². The van der Waals surface area contributed by atoms with E-state index in [4.69, 9.17) is 0 Å². The maximum atomic E-state index is 4.56. The summed E-state index contributed by atoms with van der Waals surface area (Å²) in [5.41, 5.74) is 4.63. The quantitative estimate of drug-likeness (QED) is 0.775. The van der Waals surface area contributed by atoms with E-state index in [0.717, 1.165) is 5.52 Å². The Kier molecular flexibility index (Phi) is 4.18. The zero-order valence-electron chi connectivity index (χ0n) is 14.1. The summed E-state index contributed by atoms with van der Waals surface area (Å²) in [6.45, 7) is 2.36. The standard InChI is InChI=1S/C21H23N3/c1-24-12-10-20(11-13-24)23-19-8-6-16(7-9-19)18-14-17-4-2-3-5-21(17)22-15-18/h2-9,14-15,20,23H,10-13H2,1H3. The lowest BCUT2D eigenvalue weighted by Crippen LogP contribution is -2.36. The molecule has 0 bridgehead atoms. The minimum atomic E-state index is 0.592. The predicted octanol–water partition coefficient (Wildman–Crippen LogP) is 4.41. The van der Waals surface area contributed by atoms with Gasteiger partial charge in [0.1, 0.15) is 0 Å². The third-order valence-electron chi connectivity index (χ3n) is 4.90. The normalized spacial score (nSPS) is 16.4. The van der Waals surface area contributed by atoms with Gasteiger partial charge in [0, 0.05) is 28.9 Å². The number of pyridine rings is 1. The maximum Gasteiger partial charge on any atom is 0.0702 e. The van der Waals surface area contributed by atoms with Crippen LogP contribution in [0.3, 0.4) is 0 Å². The summed E-state index contributed by atoms with van der Waals surface area (Å²) in [6, 6.07) is 19.8. The third kappa shape index (κ3) is 3.26. The summed E-state index contributed by atoms with van der Waals surface area (Å²) in [6.07, 6.45) is 4.39. The average Bonchev–Trinajstić information content (AvgIpc) is 2.64. The van der Waals surface area contributed by atoms with Crippen LogP contribution in [0.4, 0.5) is 5.69 Å². The molecule has 1 aliphatic heterocycles. The van der Waals surface area contributed by atoms with Crippen molar-refractivity contribution < 1.29 is 0 Å². The third-order valence-corrected chi connectivity index (χ3v) is 4.90. The van der Waals surface area contributed by atoms with Gasteiger partial charge in [-0.2, -0.15) is 0 Å². The van der Waals surface area contributed by atoms with Crippen LogP contribution in [0.1, 0.15) is 12.8 Å². The molecule has 2 heterocycles. The number of hydrogen-bond donors (Lipinski definition) is 1. The SMILES string of the molecule is CN1CCC(Nc2ccc(-c3cnc4ccccc4c3)cc2)CC1. The number of nitrogens with zero attached hydrogens (tertiary/aromatic N) is 2. The molecule has 1 aromatic heterocycles. The number of fused-ring (bicyclic) bond motifs is 1. The van der Waals surface area contributed by atoms with Gasteiger partial charge < -0.3 is 10.2 Å². The van der Waals surface area contributed by atoms with Gasteiger partial charge in [-0.3, -0.25) is 4.98 Å². The van der Waals surface area contributed by atoms with Crippen LogP contribution in [0.25, 0.3) is 22.0 Å². The van der Waals surface area contributed by atoms with E-state index in [2.05, 4.69) is 64.7 Å². The second-order valence-corrected chi connectivity index (χ2v) is 6.72. The van der Waals surface area contributed by atoms with Crippen molar-refractivity contribution in [2.75, 3.05) is 25.5 Å². The van der Waals surface area contributed by atoms with Crippen LogP contribution < -0.4 is 5.32 Å². The second kappa shape index (κ2) is 6.62. The van der Waals surface area contributed by atoms with Crippen molar-refractivity contribution in [2.45, 2.75) is 18.9 Å². The van der Waals surface area contributed by atoms with E-state index < -0.39 is 0 Å². The zero-order chi connectivity index (χ0) is 16.4. The molecule has 122 valence electrons. The highest BCUT2D eigenvalue weighted by Crippen LogP contribution is 2.25. The molecule has 0 spiro atoms. The Labute approximate surface area is 143 Å². The number of para-hydroxylation sites is 1. The lowest BCUT2D eigenvalue weighted by atomic mass is 10.0. The molecular weight excluding hydrogens is 294 g/mol. The minimum Gasteiger partial charge on any atom is -0.382 e. The largest absolute Gasteiger partial charge is 0.382 e. The van der Waals surface area contributed by atoms with Gasteiger partial charge in [-0.15, -0.1) is 0 Å². The van der Waals surface area contributed by atoms with Crippen molar-refractivity contribution in [1.29, 1.82) is 0 Å². The molecule has 1 saturated heterocycles. The van der Waals surface area contributed by atoms with Crippen LogP contribution in [0.15, 0.2) is 60.8 Å². The molecule has 3 heteroatoms. The highest BCUT2D eigenvalue weighted by Gasteiger charge is 2.16. The van der Waals surface area contributed by atoms with E-state index in [1.165, 1.54) is 48.1 Å². The number of rotatable bonds is 3. The van der Waals surface area contributed by atoms with Crippen molar-refractivity contribution in [1.82, 2.24) is 9.88 Å². The minimum absolute atomic E-state index is 0.592. The fourth-order valence-corrected chi connectivity index (χ4v) is 3.38. The Balaban J connectivity index is 1.50. The van der Waals surface area contributed by atoms with Crippen LogP contribution >= 0.6 is 0 Å². The summed E-state index contributed by atoms with van der Waals surface area (Å²) in [4.78, 5) is 6.96. The number of benzene rings is 2. The summed E-state index contributed by atoms with van der Waals surface area (Å²) in [7, 11) is 2.20. The summed E-state index contributed by atoms with van der Waals surface area (Å²) < 4.78 is 0. The molecule has 0 radical (unpaired) electrons. The highest BCUT2D eigenvalue weighted by molar-refractivity contribution is 5.83. The van der Waals surface area contributed by atoms with Gasteiger partial charge in [0.15, 0.2) is 0 Å². The Hall–Kier alpha value is -2.39. The first kappa shape index (κ1) is 15.2. The van der Waals surface area contributed by atoms with Crippen LogP contribution in [-0.4, -0.2) is 36.1 Å².